The van der Waals surface area contributed by atoms with E-state index in [0.717, 1.165) is 26.1 Å². The van der Waals surface area contributed by atoms with E-state index >= 15 is 0 Å². The maximum absolute atomic E-state index is 11.5. The van der Waals surface area contributed by atoms with Crippen molar-refractivity contribution in [3.8, 4) is 0 Å². The van der Waals surface area contributed by atoms with Crippen LogP contribution in [0, 0.1) is 11.3 Å². The molecule has 4 N–H and O–H groups in total. The van der Waals surface area contributed by atoms with Gasteiger partial charge in [0.05, 0.1) is 6.54 Å². The second kappa shape index (κ2) is 4.10. The summed E-state index contributed by atoms with van der Waals surface area (Å²) >= 11 is 0. The minimum atomic E-state index is 0.100. The van der Waals surface area contributed by atoms with E-state index < -0.39 is 0 Å². The summed E-state index contributed by atoms with van der Waals surface area (Å²) < 4.78 is 0. The van der Waals surface area contributed by atoms with Gasteiger partial charge in [0.25, 0.3) is 0 Å². The van der Waals surface area contributed by atoms with Crippen LogP contribution in [0.25, 0.3) is 0 Å². The highest BCUT2D eigenvalue weighted by molar-refractivity contribution is 5.78. The molecule has 4 heteroatoms. The van der Waals surface area contributed by atoms with Gasteiger partial charge in [0.1, 0.15) is 0 Å². The Morgan fingerprint density at radius 1 is 1.40 bits per heavy atom. The molecule has 1 heterocycles. The molecular weight excluding hydrogens is 190 g/mol. The van der Waals surface area contributed by atoms with Crippen LogP contribution in [0.15, 0.2) is 0 Å². The third-order valence-electron chi connectivity index (χ3n) is 4.10. The van der Waals surface area contributed by atoms with Crippen LogP contribution in [-0.2, 0) is 4.79 Å². The molecule has 2 atom stereocenters. The lowest BCUT2D eigenvalue weighted by Gasteiger charge is -2.24. The normalized spacial score (nSPS) is 35.3. The first-order valence-corrected chi connectivity index (χ1v) is 5.87. The standard InChI is InChI=1S/C11H21N3O/c12-6-9-1-2-11(5-9)3-4-14(8-11)10(15)7-13/h9H,1-8,12-13H2/t9-,11+/m1/s1. The van der Waals surface area contributed by atoms with Crippen LogP contribution in [0.4, 0.5) is 0 Å². The molecule has 0 aromatic heterocycles. The van der Waals surface area contributed by atoms with Gasteiger partial charge in [-0.2, -0.15) is 0 Å². The van der Waals surface area contributed by atoms with Crippen molar-refractivity contribution in [1.29, 1.82) is 0 Å². The van der Waals surface area contributed by atoms with Crippen LogP contribution in [-0.4, -0.2) is 37.0 Å². The first kappa shape index (κ1) is 10.9. The van der Waals surface area contributed by atoms with Gasteiger partial charge in [0, 0.05) is 13.1 Å². The van der Waals surface area contributed by atoms with E-state index in [0.29, 0.717) is 11.3 Å². The number of rotatable bonds is 2. The lowest BCUT2D eigenvalue weighted by atomic mass is 9.84. The van der Waals surface area contributed by atoms with E-state index in [4.69, 9.17) is 11.5 Å². The summed E-state index contributed by atoms with van der Waals surface area (Å²) in [6.07, 6.45) is 4.83. The highest BCUT2D eigenvalue weighted by Gasteiger charge is 2.44. The van der Waals surface area contributed by atoms with Gasteiger partial charge in [-0.25, -0.2) is 0 Å². The number of hydrogen-bond donors (Lipinski definition) is 2. The van der Waals surface area contributed by atoms with Gasteiger partial charge < -0.3 is 16.4 Å². The highest BCUT2D eigenvalue weighted by atomic mass is 16.2. The average molecular weight is 211 g/mol. The van der Waals surface area contributed by atoms with Crippen LogP contribution in [0.3, 0.4) is 0 Å². The summed E-state index contributed by atoms with van der Waals surface area (Å²) in [5.74, 6) is 0.779. The number of nitrogens with two attached hydrogens (primary N) is 2. The molecule has 1 spiro atoms. The Morgan fingerprint density at radius 3 is 2.80 bits per heavy atom. The molecule has 2 fully saturated rings. The smallest absolute Gasteiger partial charge is 0.236 e. The molecule has 1 aliphatic heterocycles. The summed E-state index contributed by atoms with van der Waals surface area (Å²) in [5, 5.41) is 0. The summed E-state index contributed by atoms with van der Waals surface area (Å²) in [5.41, 5.74) is 11.5. The number of carbonyl (C=O) groups excluding carboxylic acids is 1. The Morgan fingerprint density at radius 2 is 2.20 bits per heavy atom. The SMILES string of the molecule is NCC(=O)N1CC[C@]2(CC[C@@H](CN)C2)C1. The van der Waals surface area contributed by atoms with Gasteiger partial charge in [-0.3, -0.25) is 4.79 Å². The predicted octanol–water partition coefficient (Wildman–Crippen LogP) is -0.0774. The number of hydrogen-bond acceptors (Lipinski definition) is 3. The topological polar surface area (TPSA) is 72.4 Å². The Labute approximate surface area is 91.0 Å². The van der Waals surface area contributed by atoms with E-state index in [1.807, 2.05) is 4.90 Å². The average Bonchev–Trinajstić information content (AvgIpc) is 2.86. The fourth-order valence-electron chi connectivity index (χ4n) is 3.18. The van der Waals surface area contributed by atoms with Crippen molar-refractivity contribution in [1.82, 2.24) is 4.90 Å². The van der Waals surface area contributed by atoms with Crippen LogP contribution < -0.4 is 11.5 Å². The first-order valence-electron chi connectivity index (χ1n) is 5.87. The summed E-state index contributed by atoms with van der Waals surface area (Å²) in [6, 6.07) is 0. The maximum Gasteiger partial charge on any atom is 0.236 e. The Kier molecular flexibility index (Phi) is 2.98. The highest BCUT2D eigenvalue weighted by Crippen LogP contribution is 2.47. The third-order valence-corrected chi connectivity index (χ3v) is 4.10. The number of nitrogens with zero attached hydrogens (tertiary/aromatic N) is 1. The van der Waals surface area contributed by atoms with Gasteiger partial charge in [-0.05, 0) is 43.6 Å². The lowest BCUT2D eigenvalue weighted by molar-refractivity contribution is -0.129. The number of amides is 1. The molecule has 15 heavy (non-hydrogen) atoms. The molecule has 1 saturated heterocycles. The molecule has 1 amide bonds. The molecular formula is C11H21N3O. The Bertz CT molecular complexity index is 256. The first-order chi connectivity index (χ1) is 7.19. The van der Waals surface area contributed by atoms with Gasteiger partial charge in [0.2, 0.25) is 5.91 Å². The van der Waals surface area contributed by atoms with Crippen molar-refractivity contribution in [2.75, 3.05) is 26.2 Å². The molecule has 0 radical (unpaired) electrons. The molecule has 0 unspecified atom stereocenters. The molecule has 1 saturated carbocycles. The van der Waals surface area contributed by atoms with Crippen molar-refractivity contribution in [2.24, 2.45) is 22.8 Å². The third kappa shape index (κ3) is 2.01. The van der Waals surface area contributed by atoms with E-state index in [2.05, 4.69) is 0 Å². The number of likely N-dealkylation sites (tertiary alicyclic amines) is 1. The monoisotopic (exact) mass is 211 g/mol. The minimum Gasteiger partial charge on any atom is -0.341 e. The predicted molar refractivity (Wildman–Crippen MR) is 59.1 cm³/mol. The van der Waals surface area contributed by atoms with Gasteiger partial charge in [-0.1, -0.05) is 0 Å². The van der Waals surface area contributed by atoms with Crippen molar-refractivity contribution in [3.63, 3.8) is 0 Å². The second-order valence-corrected chi connectivity index (χ2v) is 5.11. The van der Waals surface area contributed by atoms with Crippen LogP contribution >= 0.6 is 0 Å². The zero-order chi connectivity index (χ0) is 10.9. The lowest BCUT2D eigenvalue weighted by Crippen LogP contribution is -2.35. The fourth-order valence-corrected chi connectivity index (χ4v) is 3.18. The van der Waals surface area contributed by atoms with E-state index in [-0.39, 0.29) is 12.5 Å². The number of carbonyl (C=O) groups is 1. The quantitative estimate of drug-likeness (QED) is 0.671. The second-order valence-electron chi connectivity index (χ2n) is 5.11. The summed E-state index contributed by atoms with van der Waals surface area (Å²) in [7, 11) is 0. The summed E-state index contributed by atoms with van der Waals surface area (Å²) in [6.45, 7) is 2.76. The molecule has 86 valence electrons. The fraction of sp³-hybridized carbons (Fsp3) is 0.909. The van der Waals surface area contributed by atoms with E-state index in [9.17, 15) is 4.79 Å². The van der Waals surface area contributed by atoms with Crippen molar-refractivity contribution < 1.29 is 4.79 Å². The van der Waals surface area contributed by atoms with Crippen LogP contribution in [0.2, 0.25) is 0 Å². The van der Waals surface area contributed by atoms with Crippen molar-refractivity contribution in [2.45, 2.75) is 25.7 Å². The summed E-state index contributed by atoms with van der Waals surface area (Å²) in [4.78, 5) is 13.4. The molecule has 2 aliphatic rings. The van der Waals surface area contributed by atoms with E-state index in [1.165, 1.54) is 19.3 Å². The molecule has 4 nitrogen and oxygen atoms in total. The van der Waals surface area contributed by atoms with Gasteiger partial charge >= 0.3 is 0 Å². The zero-order valence-electron chi connectivity index (χ0n) is 9.24. The molecule has 2 rings (SSSR count). The largest absolute Gasteiger partial charge is 0.341 e. The molecule has 1 aliphatic carbocycles. The maximum atomic E-state index is 11.5. The molecule has 0 aromatic rings. The van der Waals surface area contributed by atoms with Crippen molar-refractivity contribution in [3.05, 3.63) is 0 Å². The van der Waals surface area contributed by atoms with Gasteiger partial charge in [0.15, 0.2) is 0 Å². The van der Waals surface area contributed by atoms with Crippen molar-refractivity contribution >= 4 is 5.91 Å². The minimum absolute atomic E-state index is 0.100. The van der Waals surface area contributed by atoms with Crippen LogP contribution in [0.5, 0.6) is 0 Å². The molecule has 0 bridgehead atoms. The van der Waals surface area contributed by atoms with Crippen LogP contribution in [0.1, 0.15) is 25.7 Å². The Hall–Kier alpha value is -0.610. The molecule has 0 aromatic carbocycles. The van der Waals surface area contributed by atoms with E-state index in [1.54, 1.807) is 0 Å². The van der Waals surface area contributed by atoms with Gasteiger partial charge in [-0.15, -0.1) is 0 Å². The zero-order valence-corrected chi connectivity index (χ0v) is 9.24. The Balaban J connectivity index is 1.94.